The van der Waals surface area contributed by atoms with Crippen molar-refractivity contribution in [1.82, 2.24) is 9.88 Å². The van der Waals surface area contributed by atoms with Crippen LogP contribution in [0, 0.1) is 5.82 Å². The van der Waals surface area contributed by atoms with Gasteiger partial charge in [-0.25, -0.2) is 9.37 Å². The zero-order chi connectivity index (χ0) is 19.4. The third-order valence-electron chi connectivity index (χ3n) is 4.13. The molecule has 0 unspecified atom stereocenters. The summed E-state index contributed by atoms with van der Waals surface area (Å²) in [6.45, 7) is 1.45. The smallest absolute Gasteiger partial charge is 0.233 e. The second-order valence-electron chi connectivity index (χ2n) is 6.61. The van der Waals surface area contributed by atoms with Crippen LogP contribution in [0.4, 0.5) is 9.52 Å². The molecule has 7 heteroatoms. The number of hydrogen-bond acceptors (Lipinski definition) is 4. The Balaban J connectivity index is 1.84. The molecule has 0 radical (unpaired) electrons. The number of amides is 1. The summed E-state index contributed by atoms with van der Waals surface area (Å²) in [5.41, 5.74) is 1.61. The molecule has 2 aromatic carbocycles. The highest BCUT2D eigenvalue weighted by Crippen LogP contribution is 2.31. The number of fused-ring (bicyclic) bond motifs is 1. The summed E-state index contributed by atoms with van der Waals surface area (Å²) in [5, 5.41) is 1.31. The summed E-state index contributed by atoms with van der Waals surface area (Å²) in [7, 11) is 4.01. The molecule has 3 aromatic rings. The summed E-state index contributed by atoms with van der Waals surface area (Å²) in [6.07, 6.45) is 1.04. The molecule has 27 heavy (non-hydrogen) atoms. The van der Waals surface area contributed by atoms with Gasteiger partial charge < -0.3 is 4.90 Å². The van der Waals surface area contributed by atoms with Crippen LogP contribution in [-0.2, 0) is 11.2 Å². The predicted octanol–water partition coefficient (Wildman–Crippen LogP) is 4.62. The van der Waals surface area contributed by atoms with Crippen molar-refractivity contribution in [2.45, 2.75) is 12.8 Å². The standard InChI is InChI=1S/C20H21ClFN3OS/c1-24(2)10-3-11-25(19(26)12-14-4-7-16(22)8-5-14)20-23-17-9-6-15(21)13-18(17)27-20/h4-9,13H,3,10-12H2,1-2H3. The lowest BCUT2D eigenvalue weighted by atomic mass is 10.1. The van der Waals surface area contributed by atoms with E-state index in [2.05, 4.69) is 9.88 Å². The Morgan fingerprint density at radius 2 is 1.89 bits per heavy atom. The van der Waals surface area contributed by atoms with Crippen LogP contribution in [0.15, 0.2) is 42.5 Å². The maximum atomic E-state index is 13.1. The highest BCUT2D eigenvalue weighted by Gasteiger charge is 2.20. The average molecular weight is 406 g/mol. The molecule has 0 saturated carbocycles. The topological polar surface area (TPSA) is 36.4 Å². The van der Waals surface area contributed by atoms with E-state index in [9.17, 15) is 9.18 Å². The fraction of sp³-hybridized carbons (Fsp3) is 0.300. The number of rotatable bonds is 7. The average Bonchev–Trinajstić information content (AvgIpc) is 3.03. The van der Waals surface area contributed by atoms with Crippen molar-refractivity contribution in [2.24, 2.45) is 0 Å². The zero-order valence-electron chi connectivity index (χ0n) is 15.3. The minimum absolute atomic E-state index is 0.0504. The molecule has 1 heterocycles. The molecule has 0 fully saturated rings. The monoisotopic (exact) mass is 405 g/mol. The molecule has 1 amide bonds. The molecule has 3 rings (SSSR count). The lowest BCUT2D eigenvalue weighted by molar-refractivity contribution is -0.118. The Bertz CT molecular complexity index is 927. The predicted molar refractivity (Wildman–Crippen MR) is 110 cm³/mol. The largest absolute Gasteiger partial charge is 0.309 e. The maximum Gasteiger partial charge on any atom is 0.233 e. The number of benzene rings is 2. The second kappa shape index (κ2) is 8.78. The van der Waals surface area contributed by atoms with Gasteiger partial charge in [0.15, 0.2) is 5.13 Å². The molecule has 1 aromatic heterocycles. The zero-order valence-corrected chi connectivity index (χ0v) is 16.9. The van der Waals surface area contributed by atoms with Gasteiger partial charge in [-0.15, -0.1) is 0 Å². The normalized spacial score (nSPS) is 11.3. The van der Waals surface area contributed by atoms with Gasteiger partial charge in [-0.05, 0) is 63.0 Å². The fourth-order valence-corrected chi connectivity index (χ4v) is 4.03. The van der Waals surface area contributed by atoms with Crippen LogP contribution < -0.4 is 4.90 Å². The summed E-state index contributed by atoms with van der Waals surface area (Å²) in [5.74, 6) is -0.359. The molecule has 0 atom stereocenters. The van der Waals surface area contributed by atoms with Gasteiger partial charge in [0.2, 0.25) is 5.91 Å². The quantitative estimate of drug-likeness (QED) is 0.575. The van der Waals surface area contributed by atoms with E-state index in [-0.39, 0.29) is 18.1 Å². The molecule has 4 nitrogen and oxygen atoms in total. The number of carbonyl (C=O) groups is 1. The number of anilines is 1. The van der Waals surface area contributed by atoms with Crippen LogP contribution in [0.2, 0.25) is 5.02 Å². The van der Waals surface area contributed by atoms with Crippen LogP contribution in [0.5, 0.6) is 0 Å². The van der Waals surface area contributed by atoms with E-state index < -0.39 is 0 Å². The van der Waals surface area contributed by atoms with Gasteiger partial charge in [0.1, 0.15) is 5.82 Å². The minimum Gasteiger partial charge on any atom is -0.309 e. The van der Waals surface area contributed by atoms with Gasteiger partial charge >= 0.3 is 0 Å². The Kier molecular flexibility index (Phi) is 6.42. The van der Waals surface area contributed by atoms with Gasteiger partial charge in [-0.3, -0.25) is 9.69 Å². The minimum atomic E-state index is -0.308. The Morgan fingerprint density at radius 3 is 2.59 bits per heavy atom. The van der Waals surface area contributed by atoms with E-state index in [1.165, 1.54) is 23.5 Å². The first-order valence-corrected chi connectivity index (χ1v) is 9.87. The summed E-state index contributed by atoms with van der Waals surface area (Å²) >= 11 is 7.53. The molecule has 0 spiro atoms. The number of hydrogen-bond donors (Lipinski definition) is 0. The van der Waals surface area contributed by atoms with Crippen LogP contribution in [0.3, 0.4) is 0 Å². The van der Waals surface area contributed by atoms with Crippen LogP contribution in [0.25, 0.3) is 10.2 Å². The van der Waals surface area contributed by atoms with Gasteiger partial charge in [0.05, 0.1) is 16.6 Å². The highest BCUT2D eigenvalue weighted by molar-refractivity contribution is 7.22. The number of aromatic nitrogens is 1. The second-order valence-corrected chi connectivity index (χ2v) is 8.06. The van der Waals surface area contributed by atoms with Gasteiger partial charge in [0, 0.05) is 11.6 Å². The van der Waals surface area contributed by atoms with E-state index in [1.807, 2.05) is 26.2 Å². The third-order valence-corrected chi connectivity index (χ3v) is 5.40. The van der Waals surface area contributed by atoms with Gasteiger partial charge in [-0.2, -0.15) is 0 Å². The van der Waals surface area contributed by atoms with Crippen molar-refractivity contribution in [3.63, 3.8) is 0 Å². The lowest BCUT2D eigenvalue weighted by Crippen LogP contribution is -2.34. The number of halogens is 2. The van der Waals surface area contributed by atoms with Crippen molar-refractivity contribution in [3.05, 3.63) is 58.9 Å². The van der Waals surface area contributed by atoms with Crippen molar-refractivity contribution >= 4 is 44.2 Å². The van der Waals surface area contributed by atoms with Crippen molar-refractivity contribution in [3.8, 4) is 0 Å². The highest BCUT2D eigenvalue weighted by atomic mass is 35.5. The van der Waals surface area contributed by atoms with E-state index in [1.54, 1.807) is 23.1 Å². The summed E-state index contributed by atoms with van der Waals surface area (Å²) in [4.78, 5) is 21.4. The van der Waals surface area contributed by atoms with Gasteiger partial charge in [-0.1, -0.05) is 35.1 Å². The third kappa shape index (κ3) is 5.25. The van der Waals surface area contributed by atoms with Crippen molar-refractivity contribution < 1.29 is 9.18 Å². The van der Waals surface area contributed by atoms with E-state index in [0.29, 0.717) is 16.7 Å². The first-order chi connectivity index (χ1) is 12.9. The first-order valence-electron chi connectivity index (χ1n) is 8.68. The lowest BCUT2D eigenvalue weighted by Gasteiger charge is -2.21. The summed E-state index contributed by atoms with van der Waals surface area (Å²) < 4.78 is 14.1. The molecule has 0 aliphatic carbocycles. The molecular formula is C20H21ClFN3OS. The Labute approximate surface area is 167 Å². The Hall–Kier alpha value is -2.02. The number of thiazole rings is 1. The maximum absolute atomic E-state index is 13.1. The first kappa shape index (κ1) is 19.7. The van der Waals surface area contributed by atoms with Crippen molar-refractivity contribution in [1.29, 1.82) is 0 Å². The molecule has 142 valence electrons. The van der Waals surface area contributed by atoms with Gasteiger partial charge in [0.25, 0.3) is 0 Å². The Morgan fingerprint density at radius 1 is 1.15 bits per heavy atom. The molecule has 0 aliphatic rings. The van der Waals surface area contributed by atoms with Crippen molar-refractivity contribution in [2.75, 3.05) is 32.1 Å². The molecule has 0 saturated heterocycles. The van der Waals surface area contributed by atoms with Crippen LogP contribution in [0.1, 0.15) is 12.0 Å². The molecule has 0 N–H and O–H groups in total. The van der Waals surface area contributed by atoms with E-state index >= 15 is 0 Å². The SMILES string of the molecule is CN(C)CCCN(C(=O)Cc1ccc(F)cc1)c1nc2ccc(Cl)cc2s1. The number of nitrogens with zero attached hydrogens (tertiary/aromatic N) is 3. The molecule has 0 bridgehead atoms. The summed E-state index contributed by atoms with van der Waals surface area (Å²) in [6, 6.07) is 11.6. The van der Waals surface area contributed by atoms with Crippen LogP contribution >= 0.6 is 22.9 Å². The van der Waals surface area contributed by atoms with E-state index in [0.717, 1.165) is 28.7 Å². The van der Waals surface area contributed by atoms with Crippen LogP contribution in [-0.4, -0.2) is 43.0 Å². The number of carbonyl (C=O) groups excluding carboxylic acids is 1. The van der Waals surface area contributed by atoms with E-state index in [4.69, 9.17) is 11.6 Å². The fourth-order valence-electron chi connectivity index (χ4n) is 2.75. The molecular weight excluding hydrogens is 385 g/mol. The molecule has 0 aliphatic heterocycles.